The van der Waals surface area contributed by atoms with Crippen LogP contribution in [-0.4, -0.2) is 20.7 Å². The molecule has 1 aliphatic heterocycles. The smallest absolute Gasteiger partial charge is 0.291 e. The zero-order chi connectivity index (χ0) is 19.8. The number of rotatable bonds is 3. The van der Waals surface area contributed by atoms with Crippen LogP contribution in [0.5, 0.6) is 5.75 Å². The van der Waals surface area contributed by atoms with Crippen LogP contribution in [0.3, 0.4) is 0 Å². The summed E-state index contributed by atoms with van der Waals surface area (Å²) in [6.07, 6.45) is 7.56. The van der Waals surface area contributed by atoms with Crippen molar-refractivity contribution >= 4 is 40.6 Å². The van der Waals surface area contributed by atoms with Crippen LogP contribution in [0.2, 0.25) is 0 Å². The van der Waals surface area contributed by atoms with Crippen LogP contribution >= 0.6 is 11.3 Å². The maximum atomic E-state index is 12.8. The Morgan fingerprint density at radius 3 is 2.69 bits per heavy atom. The molecule has 2 aromatic carbocycles. The number of fused-ring (bicyclic) bond motifs is 2. The van der Waals surface area contributed by atoms with Gasteiger partial charge in [0.1, 0.15) is 11.9 Å². The topological polar surface area (TPSA) is 56.5 Å². The molecular weight excluding hydrogens is 382 g/mol. The highest BCUT2D eigenvalue weighted by molar-refractivity contribution is 7.15. The first-order valence-electron chi connectivity index (χ1n) is 9.29. The summed E-state index contributed by atoms with van der Waals surface area (Å²) in [6, 6.07) is 17.8. The average Bonchev–Trinajstić information content (AvgIpc) is 3.27. The molecular formula is C23H17N3O2S. The predicted octanol–water partition coefficient (Wildman–Crippen LogP) is 3.69. The van der Waals surface area contributed by atoms with Crippen molar-refractivity contribution in [2.45, 2.75) is 13.0 Å². The van der Waals surface area contributed by atoms with Crippen LogP contribution in [0.1, 0.15) is 23.9 Å². The van der Waals surface area contributed by atoms with Gasteiger partial charge in [0, 0.05) is 5.56 Å². The second-order valence-corrected chi connectivity index (χ2v) is 7.78. The van der Waals surface area contributed by atoms with Crippen molar-refractivity contribution in [2.75, 3.05) is 0 Å². The zero-order valence-electron chi connectivity index (χ0n) is 15.6. The Balaban J connectivity index is 1.50. The molecule has 3 heterocycles. The van der Waals surface area contributed by atoms with Crippen molar-refractivity contribution in [3.05, 3.63) is 92.0 Å². The molecule has 5 rings (SSSR count). The number of para-hydroxylation sites is 1. The van der Waals surface area contributed by atoms with Crippen LogP contribution < -0.4 is 14.8 Å². The van der Waals surface area contributed by atoms with E-state index in [0.29, 0.717) is 15.3 Å². The van der Waals surface area contributed by atoms with Gasteiger partial charge in [-0.05, 0) is 42.4 Å². The number of hydrogen-bond donors (Lipinski definition) is 0. The van der Waals surface area contributed by atoms with Gasteiger partial charge in [-0.15, -0.1) is 5.10 Å². The van der Waals surface area contributed by atoms with Crippen molar-refractivity contribution in [3.63, 3.8) is 0 Å². The molecule has 0 spiro atoms. The summed E-state index contributed by atoms with van der Waals surface area (Å²) < 4.78 is 7.92. The van der Waals surface area contributed by atoms with Crippen LogP contribution in [0.4, 0.5) is 0 Å². The second-order valence-electron chi connectivity index (χ2n) is 6.77. The summed E-state index contributed by atoms with van der Waals surface area (Å²) in [7, 11) is 0. The zero-order valence-corrected chi connectivity index (χ0v) is 16.5. The van der Waals surface area contributed by atoms with Crippen LogP contribution in [0.15, 0.2) is 65.0 Å². The highest BCUT2D eigenvalue weighted by Gasteiger charge is 2.18. The molecule has 0 bridgehead atoms. The monoisotopic (exact) mass is 399 g/mol. The lowest BCUT2D eigenvalue weighted by molar-refractivity contribution is 0.259. The minimum absolute atomic E-state index is 0.129. The fraction of sp³-hybridized carbons (Fsp3) is 0.0870. The summed E-state index contributed by atoms with van der Waals surface area (Å²) in [6.45, 7) is 1.98. The Hall–Kier alpha value is -3.51. The molecule has 5 nitrogen and oxygen atoms in total. The second kappa shape index (κ2) is 7.14. The van der Waals surface area contributed by atoms with Crippen LogP contribution in [-0.2, 0) is 0 Å². The lowest BCUT2D eigenvalue weighted by Crippen LogP contribution is -2.26. The molecule has 0 amide bonds. The van der Waals surface area contributed by atoms with E-state index in [9.17, 15) is 4.79 Å². The van der Waals surface area contributed by atoms with Gasteiger partial charge >= 0.3 is 0 Å². The molecule has 0 saturated carbocycles. The van der Waals surface area contributed by atoms with Gasteiger partial charge in [-0.3, -0.25) is 4.79 Å². The van der Waals surface area contributed by atoms with Gasteiger partial charge in [0.2, 0.25) is 4.96 Å². The van der Waals surface area contributed by atoms with E-state index >= 15 is 0 Å². The largest absolute Gasteiger partial charge is 0.485 e. The van der Waals surface area contributed by atoms with E-state index in [2.05, 4.69) is 16.2 Å². The molecule has 0 N–H and O–H groups in total. The van der Waals surface area contributed by atoms with Gasteiger partial charge in [-0.1, -0.05) is 65.9 Å². The Bertz CT molecular complexity index is 1370. The molecule has 142 valence electrons. The molecule has 1 aliphatic rings. The molecule has 29 heavy (non-hydrogen) atoms. The highest BCUT2D eigenvalue weighted by atomic mass is 32.1. The molecule has 2 aromatic heterocycles. The number of aromatic nitrogens is 3. The van der Waals surface area contributed by atoms with E-state index in [1.54, 1.807) is 0 Å². The van der Waals surface area contributed by atoms with Crippen molar-refractivity contribution in [1.29, 1.82) is 0 Å². The number of ether oxygens (including phenoxy) is 1. The Morgan fingerprint density at radius 1 is 1.07 bits per heavy atom. The molecule has 0 aliphatic carbocycles. The molecule has 0 fully saturated rings. The van der Waals surface area contributed by atoms with E-state index in [1.807, 2.05) is 79.7 Å². The highest BCUT2D eigenvalue weighted by Crippen LogP contribution is 2.29. The first-order chi connectivity index (χ1) is 14.2. The van der Waals surface area contributed by atoms with Gasteiger partial charge < -0.3 is 4.74 Å². The molecule has 4 aromatic rings. The molecule has 0 radical (unpaired) electrons. The van der Waals surface area contributed by atoms with Crippen molar-refractivity contribution < 1.29 is 4.74 Å². The van der Waals surface area contributed by atoms with E-state index < -0.39 is 0 Å². The van der Waals surface area contributed by atoms with Gasteiger partial charge in [0.05, 0.1) is 4.53 Å². The number of benzene rings is 2. The van der Waals surface area contributed by atoms with Crippen LogP contribution in [0.25, 0.3) is 29.3 Å². The van der Waals surface area contributed by atoms with Gasteiger partial charge in [-0.25, -0.2) is 0 Å². The maximum Gasteiger partial charge on any atom is 0.291 e. The SMILES string of the molecule is C[C@H]1Oc2ccccc2C=C1/C=c1\sc2nc(/C=C/c3ccccc3)nn2c1=O. The maximum absolute atomic E-state index is 12.8. The van der Waals surface area contributed by atoms with Crippen molar-refractivity contribution in [2.24, 2.45) is 0 Å². The van der Waals surface area contributed by atoms with E-state index in [4.69, 9.17) is 4.74 Å². The molecule has 1 atom stereocenters. The molecule has 0 saturated heterocycles. The fourth-order valence-corrected chi connectivity index (χ4v) is 4.14. The summed E-state index contributed by atoms with van der Waals surface area (Å²) in [4.78, 5) is 17.8. The lowest BCUT2D eigenvalue weighted by Gasteiger charge is -2.22. The third-order valence-corrected chi connectivity index (χ3v) is 5.69. The van der Waals surface area contributed by atoms with E-state index in [-0.39, 0.29) is 11.7 Å². The predicted molar refractivity (Wildman–Crippen MR) is 117 cm³/mol. The fourth-order valence-electron chi connectivity index (χ4n) is 3.23. The van der Waals surface area contributed by atoms with E-state index in [1.165, 1.54) is 15.9 Å². The Morgan fingerprint density at radius 2 is 1.86 bits per heavy atom. The number of nitrogens with zero attached hydrogens (tertiary/aromatic N) is 3. The number of hydrogen-bond acceptors (Lipinski definition) is 5. The van der Waals surface area contributed by atoms with Gasteiger partial charge in [-0.2, -0.15) is 9.50 Å². The molecule has 6 heteroatoms. The minimum Gasteiger partial charge on any atom is -0.485 e. The summed E-state index contributed by atoms with van der Waals surface area (Å²) in [5, 5.41) is 4.34. The molecule has 0 unspecified atom stereocenters. The van der Waals surface area contributed by atoms with Crippen molar-refractivity contribution in [1.82, 2.24) is 14.6 Å². The van der Waals surface area contributed by atoms with Gasteiger partial charge in [0.15, 0.2) is 5.82 Å². The van der Waals surface area contributed by atoms with E-state index in [0.717, 1.165) is 22.4 Å². The normalized spacial score (nSPS) is 16.8. The first kappa shape index (κ1) is 17.6. The van der Waals surface area contributed by atoms with Gasteiger partial charge in [0.25, 0.3) is 5.56 Å². The number of thiazole rings is 1. The van der Waals surface area contributed by atoms with Crippen molar-refractivity contribution in [3.8, 4) is 5.75 Å². The minimum atomic E-state index is -0.163. The summed E-state index contributed by atoms with van der Waals surface area (Å²) in [5.74, 6) is 1.38. The summed E-state index contributed by atoms with van der Waals surface area (Å²) >= 11 is 1.33. The standard InChI is InChI=1S/C23H17N3O2S/c1-15-18(13-17-9-5-6-10-19(17)28-15)14-20-22(27)26-23(29-20)24-21(25-26)12-11-16-7-3-2-4-8-16/h2-15H,1H3/b12-11+,20-14-/t15-/m1/s1. The lowest BCUT2D eigenvalue weighted by atomic mass is 10.0. The first-order valence-corrected chi connectivity index (χ1v) is 10.1. The Labute approximate surface area is 170 Å². The Kier molecular flexibility index (Phi) is 4.33. The third-order valence-electron chi connectivity index (χ3n) is 4.73. The average molecular weight is 399 g/mol. The quantitative estimate of drug-likeness (QED) is 0.527. The summed E-state index contributed by atoms with van der Waals surface area (Å²) in [5.41, 5.74) is 2.86. The van der Waals surface area contributed by atoms with Crippen LogP contribution in [0, 0.1) is 0 Å². The third kappa shape index (κ3) is 3.39.